The van der Waals surface area contributed by atoms with E-state index in [0.29, 0.717) is 6.61 Å². The minimum Gasteiger partial charge on any atom is -0.490 e. The molecule has 0 atom stereocenters. The zero-order valence-electron chi connectivity index (χ0n) is 12.1. The van der Waals surface area contributed by atoms with E-state index >= 15 is 0 Å². The number of nitrogens with two attached hydrogens (primary N) is 1. The second-order valence-electron chi connectivity index (χ2n) is 5.13. The third kappa shape index (κ3) is 4.58. The number of rotatable bonds is 4. The van der Waals surface area contributed by atoms with E-state index in [1.807, 2.05) is 0 Å². The molecule has 1 amide bonds. The first-order valence-corrected chi connectivity index (χ1v) is 7.09. The standard InChI is InChI=1S/C15H21FN2O2.ClH/c1-2-20-14-12(4-3-5-13(14)16)15(19)18-11-8-6-10(17)7-9-11;/h3-5,10-11H,2,6-9,17H2,1H3,(H,18,19);1H. The molecule has 1 aliphatic carbocycles. The number of amides is 1. The van der Waals surface area contributed by atoms with Gasteiger partial charge in [-0.2, -0.15) is 0 Å². The summed E-state index contributed by atoms with van der Waals surface area (Å²) in [6.07, 6.45) is 3.55. The van der Waals surface area contributed by atoms with Crippen LogP contribution in [0.25, 0.3) is 0 Å². The summed E-state index contributed by atoms with van der Waals surface area (Å²) in [7, 11) is 0. The summed E-state index contributed by atoms with van der Waals surface area (Å²) < 4.78 is 18.9. The Hall–Kier alpha value is -1.33. The third-order valence-electron chi connectivity index (χ3n) is 3.61. The summed E-state index contributed by atoms with van der Waals surface area (Å²) in [6.45, 7) is 2.08. The molecule has 1 aromatic rings. The highest BCUT2D eigenvalue weighted by Crippen LogP contribution is 2.24. The van der Waals surface area contributed by atoms with Crippen LogP contribution < -0.4 is 15.8 Å². The van der Waals surface area contributed by atoms with Crippen LogP contribution in [0.2, 0.25) is 0 Å². The summed E-state index contributed by atoms with van der Waals surface area (Å²) in [5.74, 6) is -0.765. The lowest BCUT2D eigenvalue weighted by Gasteiger charge is -2.27. The molecular formula is C15H22ClFN2O2. The molecule has 1 aliphatic rings. The van der Waals surface area contributed by atoms with Gasteiger partial charge in [0, 0.05) is 12.1 Å². The van der Waals surface area contributed by atoms with Crippen molar-refractivity contribution in [2.45, 2.75) is 44.7 Å². The summed E-state index contributed by atoms with van der Waals surface area (Å²) in [5, 5.41) is 2.94. The van der Waals surface area contributed by atoms with Crippen LogP contribution in [0.4, 0.5) is 4.39 Å². The molecule has 0 bridgehead atoms. The minimum atomic E-state index is -0.509. The Morgan fingerprint density at radius 1 is 1.38 bits per heavy atom. The molecule has 6 heteroatoms. The largest absolute Gasteiger partial charge is 0.490 e. The van der Waals surface area contributed by atoms with Crippen LogP contribution in [0, 0.1) is 5.82 Å². The fourth-order valence-corrected chi connectivity index (χ4v) is 2.51. The van der Waals surface area contributed by atoms with E-state index in [4.69, 9.17) is 10.5 Å². The molecule has 3 N–H and O–H groups in total. The Kier molecular flexibility index (Phi) is 6.92. The number of para-hydroxylation sites is 1. The molecule has 0 heterocycles. The number of carbonyl (C=O) groups is 1. The molecule has 21 heavy (non-hydrogen) atoms. The fourth-order valence-electron chi connectivity index (χ4n) is 2.51. The zero-order chi connectivity index (χ0) is 14.5. The molecule has 0 aromatic heterocycles. The molecule has 0 spiro atoms. The topological polar surface area (TPSA) is 64.3 Å². The van der Waals surface area contributed by atoms with Gasteiger partial charge in [-0.05, 0) is 44.7 Å². The highest BCUT2D eigenvalue weighted by molar-refractivity contribution is 5.97. The van der Waals surface area contributed by atoms with Gasteiger partial charge < -0.3 is 15.8 Å². The zero-order valence-corrected chi connectivity index (χ0v) is 12.9. The van der Waals surface area contributed by atoms with Gasteiger partial charge in [0.25, 0.3) is 5.91 Å². The van der Waals surface area contributed by atoms with E-state index in [-0.39, 0.29) is 41.7 Å². The molecule has 0 radical (unpaired) electrons. The summed E-state index contributed by atoms with van der Waals surface area (Å²) in [4.78, 5) is 12.3. The number of benzene rings is 1. The van der Waals surface area contributed by atoms with Crippen molar-refractivity contribution >= 4 is 18.3 Å². The Bertz CT molecular complexity index is 477. The van der Waals surface area contributed by atoms with Crippen LogP contribution in [-0.2, 0) is 0 Å². The van der Waals surface area contributed by atoms with Crippen molar-refractivity contribution in [1.29, 1.82) is 0 Å². The maximum Gasteiger partial charge on any atom is 0.255 e. The van der Waals surface area contributed by atoms with Crippen LogP contribution in [-0.4, -0.2) is 24.6 Å². The van der Waals surface area contributed by atoms with Gasteiger partial charge in [0.2, 0.25) is 0 Å². The summed E-state index contributed by atoms with van der Waals surface area (Å²) >= 11 is 0. The van der Waals surface area contributed by atoms with Crippen LogP contribution in [0.5, 0.6) is 5.75 Å². The first-order chi connectivity index (χ1) is 9.61. The average Bonchev–Trinajstić information content (AvgIpc) is 2.43. The van der Waals surface area contributed by atoms with Gasteiger partial charge in [-0.15, -0.1) is 12.4 Å². The molecule has 1 aromatic carbocycles. The first kappa shape index (κ1) is 17.7. The number of hydrogen-bond acceptors (Lipinski definition) is 3. The minimum absolute atomic E-state index is 0. The van der Waals surface area contributed by atoms with Gasteiger partial charge >= 0.3 is 0 Å². The van der Waals surface area contributed by atoms with Crippen LogP contribution in [0.15, 0.2) is 18.2 Å². The fraction of sp³-hybridized carbons (Fsp3) is 0.533. The second kappa shape index (κ2) is 8.20. The number of hydrogen-bond donors (Lipinski definition) is 2. The molecule has 1 saturated carbocycles. The number of carbonyl (C=O) groups excluding carboxylic acids is 1. The van der Waals surface area contributed by atoms with E-state index in [9.17, 15) is 9.18 Å². The Morgan fingerprint density at radius 2 is 2.05 bits per heavy atom. The van der Waals surface area contributed by atoms with Crippen molar-refractivity contribution in [1.82, 2.24) is 5.32 Å². The molecule has 0 saturated heterocycles. The van der Waals surface area contributed by atoms with Gasteiger partial charge in [-0.25, -0.2) is 4.39 Å². The van der Waals surface area contributed by atoms with E-state index in [1.165, 1.54) is 12.1 Å². The van der Waals surface area contributed by atoms with Crippen LogP contribution >= 0.6 is 12.4 Å². The van der Waals surface area contributed by atoms with Crippen LogP contribution in [0.1, 0.15) is 43.0 Å². The highest BCUT2D eigenvalue weighted by Gasteiger charge is 2.23. The Labute approximate surface area is 130 Å². The van der Waals surface area contributed by atoms with Crippen molar-refractivity contribution in [3.8, 4) is 5.75 Å². The molecule has 118 valence electrons. The summed E-state index contributed by atoms with van der Waals surface area (Å²) in [6, 6.07) is 4.74. The maximum absolute atomic E-state index is 13.7. The van der Waals surface area contributed by atoms with Crippen molar-refractivity contribution in [3.63, 3.8) is 0 Å². The smallest absolute Gasteiger partial charge is 0.255 e. The van der Waals surface area contributed by atoms with Crippen molar-refractivity contribution in [2.24, 2.45) is 5.73 Å². The number of nitrogens with one attached hydrogen (secondary N) is 1. The van der Waals surface area contributed by atoms with Gasteiger partial charge in [0.1, 0.15) is 0 Å². The van der Waals surface area contributed by atoms with E-state index < -0.39 is 5.82 Å². The molecule has 2 rings (SSSR count). The molecule has 4 nitrogen and oxygen atoms in total. The second-order valence-corrected chi connectivity index (χ2v) is 5.13. The third-order valence-corrected chi connectivity index (χ3v) is 3.61. The first-order valence-electron chi connectivity index (χ1n) is 7.09. The van der Waals surface area contributed by atoms with Gasteiger partial charge in [-0.3, -0.25) is 4.79 Å². The lowest BCUT2D eigenvalue weighted by atomic mass is 9.91. The quantitative estimate of drug-likeness (QED) is 0.897. The van der Waals surface area contributed by atoms with Crippen molar-refractivity contribution < 1.29 is 13.9 Å². The van der Waals surface area contributed by atoms with E-state index in [0.717, 1.165) is 25.7 Å². The Balaban J connectivity index is 0.00000220. The van der Waals surface area contributed by atoms with E-state index in [1.54, 1.807) is 13.0 Å². The Morgan fingerprint density at radius 3 is 2.67 bits per heavy atom. The SMILES string of the molecule is CCOc1c(F)cccc1C(=O)NC1CCC(N)CC1.Cl. The van der Waals surface area contributed by atoms with Gasteiger partial charge in [0.15, 0.2) is 11.6 Å². The predicted octanol–water partition coefficient (Wildman–Crippen LogP) is 2.65. The molecule has 1 fully saturated rings. The van der Waals surface area contributed by atoms with Crippen LogP contribution in [0.3, 0.4) is 0 Å². The average molecular weight is 317 g/mol. The predicted molar refractivity (Wildman–Crippen MR) is 82.5 cm³/mol. The monoisotopic (exact) mass is 316 g/mol. The molecule has 0 aliphatic heterocycles. The normalized spacial score (nSPS) is 21.3. The lowest BCUT2D eigenvalue weighted by molar-refractivity contribution is 0.0921. The summed E-state index contributed by atoms with van der Waals surface area (Å²) in [5.41, 5.74) is 6.09. The molecular weight excluding hydrogens is 295 g/mol. The lowest BCUT2D eigenvalue weighted by Crippen LogP contribution is -2.40. The van der Waals surface area contributed by atoms with E-state index in [2.05, 4.69) is 5.32 Å². The maximum atomic E-state index is 13.7. The molecule has 0 unspecified atom stereocenters. The van der Waals surface area contributed by atoms with Gasteiger partial charge in [0.05, 0.1) is 12.2 Å². The van der Waals surface area contributed by atoms with Crippen molar-refractivity contribution in [3.05, 3.63) is 29.6 Å². The highest BCUT2D eigenvalue weighted by atomic mass is 35.5. The van der Waals surface area contributed by atoms with Crippen molar-refractivity contribution in [2.75, 3.05) is 6.61 Å². The number of halogens is 2. The number of ether oxygens (including phenoxy) is 1. The van der Waals surface area contributed by atoms with Gasteiger partial charge in [-0.1, -0.05) is 6.07 Å².